The number of nitrogens with one attached hydrogen (secondary N) is 1. The van der Waals surface area contributed by atoms with Gasteiger partial charge in [-0.25, -0.2) is 14.8 Å². The van der Waals surface area contributed by atoms with Crippen LogP contribution in [0.1, 0.15) is 53.1 Å². The molecule has 0 radical (unpaired) electrons. The summed E-state index contributed by atoms with van der Waals surface area (Å²) in [7, 11) is 0. The van der Waals surface area contributed by atoms with Crippen LogP contribution in [0.4, 0.5) is 5.82 Å². The molecule has 1 heterocycles. The third kappa shape index (κ3) is 3.98. The summed E-state index contributed by atoms with van der Waals surface area (Å²) in [5.41, 5.74) is 2.54. The second-order valence-corrected chi connectivity index (χ2v) is 6.64. The number of ether oxygens (including phenoxy) is 1. The Morgan fingerprint density at radius 1 is 1.20 bits per heavy atom. The van der Waals surface area contributed by atoms with Crippen molar-refractivity contribution in [3.05, 3.63) is 53.0 Å². The topological polar surface area (TPSA) is 64.1 Å². The number of esters is 1. The summed E-state index contributed by atoms with van der Waals surface area (Å²) in [4.78, 5) is 20.7. The van der Waals surface area contributed by atoms with Gasteiger partial charge in [-0.3, -0.25) is 0 Å². The molecule has 2 aromatic rings. The molecule has 0 bridgehead atoms. The fourth-order valence-corrected chi connectivity index (χ4v) is 3.34. The van der Waals surface area contributed by atoms with Crippen LogP contribution in [0.5, 0.6) is 0 Å². The molecule has 5 nitrogen and oxygen atoms in total. The van der Waals surface area contributed by atoms with E-state index >= 15 is 0 Å². The van der Waals surface area contributed by atoms with E-state index in [1.54, 1.807) is 13.8 Å². The van der Waals surface area contributed by atoms with Crippen molar-refractivity contribution >= 4 is 11.8 Å². The highest BCUT2D eigenvalue weighted by Crippen LogP contribution is 2.41. The van der Waals surface area contributed by atoms with Gasteiger partial charge in [-0.1, -0.05) is 30.3 Å². The van der Waals surface area contributed by atoms with Gasteiger partial charge in [0.2, 0.25) is 0 Å². The van der Waals surface area contributed by atoms with Gasteiger partial charge in [0, 0.05) is 12.1 Å². The second kappa shape index (κ2) is 7.64. The summed E-state index contributed by atoms with van der Waals surface area (Å²) >= 11 is 0. The predicted octanol–water partition coefficient (Wildman–Crippen LogP) is 3.88. The number of hydrogen-bond acceptors (Lipinski definition) is 5. The van der Waals surface area contributed by atoms with E-state index in [0.29, 0.717) is 30.0 Å². The Bertz CT molecular complexity index is 740. The van der Waals surface area contributed by atoms with Gasteiger partial charge in [-0.15, -0.1) is 0 Å². The molecule has 1 aliphatic rings. The molecule has 0 unspecified atom stereocenters. The Morgan fingerprint density at radius 3 is 2.60 bits per heavy atom. The highest BCUT2D eigenvalue weighted by atomic mass is 16.5. The van der Waals surface area contributed by atoms with Gasteiger partial charge in [0.25, 0.3) is 0 Å². The zero-order valence-corrected chi connectivity index (χ0v) is 15.1. The molecule has 1 fully saturated rings. The number of anilines is 1. The molecule has 1 N–H and O–H groups in total. The molecule has 1 aromatic carbocycles. The van der Waals surface area contributed by atoms with Crippen LogP contribution in [0.25, 0.3) is 0 Å². The first-order chi connectivity index (χ1) is 12.1. The van der Waals surface area contributed by atoms with Crippen LogP contribution in [0.3, 0.4) is 0 Å². The van der Waals surface area contributed by atoms with Gasteiger partial charge in [0.05, 0.1) is 6.61 Å². The first-order valence-electron chi connectivity index (χ1n) is 8.89. The van der Waals surface area contributed by atoms with E-state index in [0.717, 1.165) is 17.9 Å². The number of carbonyl (C=O) groups excluding carboxylic acids is 1. The minimum atomic E-state index is -0.388. The molecule has 0 amide bonds. The largest absolute Gasteiger partial charge is 0.461 e. The molecule has 0 aliphatic heterocycles. The van der Waals surface area contributed by atoms with Crippen LogP contribution in [0.15, 0.2) is 30.3 Å². The number of carbonyl (C=O) groups is 1. The van der Waals surface area contributed by atoms with Gasteiger partial charge in [-0.2, -0.15) is 0 Å². The maximum Gasteiger partial charge on any atom is 0.357 e. The number of nitrogens with zero attached hydrogens (tertiary/aromatic N) is 2. The SMILES string of the molecule is CCOC(=O)c1nc(C)nc(NC[C@H]2C[C@H](c3ccccc3)C2)c1C. The number of aromatic nitrogens is 2. The Morgan fingerprint density at radius 2 is 1.92 bits per heavy atom. The maximum absolute atomic E-state index is 12.0. The lowest BCUT2D eigenvalue weighted by Crippen LogP contribution is -2.28. The molecule has 0 atom stereocenters. The van der Waals surface area contributed by atoms with Gasteiger partial charge in [-0.05, 0) is 51.0 Å². The molecule has 1 saturated carbocycles. The maximum atomic E-state index is 12.0. The molecule has 0 spiro atoms. The Hall–Kier alpha value is -2.43. The van der Waals surface area contributed by atoms with Gasteiger partial charge < -0.3 is 10.1 Å². The first-order valence-corrected chi connectivity index (χ1v) is 8.89. The van der Waals surface area contributed by atoms with Crippen molar-refractivity contribution in [1.29, 1.82) is 0 Å². The van der Waals surface area contributed by atoms with Crippen LogP contribution in [0.2, 0.25) is 0 Å². The molecule has 25 heavy (non-hydrogen) atoms. The normalized spacial score (nSPS) is 19.2. The fraction of sp³-hybridized carbons (Fsp3) is 0.450. The summed E-state index contributed by atoms with van der Waals surface area (Å²) in [5.74, 6) is 2.22. The Labute approximate surface area is 148 Å². The number of rotatable bonds is 6. The Kier molecular flexibility index (Phi) is 5.31. The van der Waals surface area contributed by atoms with Crippen LogP contribution in [-0.4, -0.2) is 29.1 Å². The van der Waals surface area contributed by atoms with Crippen molar-refractivity contribution in [3.63, 3.8) is 0 Å². The molecule has 5 heteroatoms. The van der Waals surface area contributed by atoms with E-state index in [1.165, 1.54) is 18.4 Å². The lowest BCUT2D eigenvalue weighted by molar-refractivity contribution is 0.0518. The van der Waals surface area contributed by atoms with Crippen molar-refractivity contribution < 1.29 is 9.53 Å². The van der Waals surface area contributed by atoms with Gasteiger partial charge in [0.15, 0.2) is 5.69 Å². The van der Waals surface area contributed by atoms with E-state index < -0.39 is 0 Å². The zero-order valence-electron chi connectivity index (χ0n) is 15.1. The molecular weight excluding hydrogens is 314 g/mol. The standard InChI is InChI=1S/C20H25N3O2/c1-4-25-20(24)18-13(2)19(23-14(3)22-18)21-12-15-10-17(11-15)16-8-6-5-7-9-16/h5-9,15,17H,4,10-12H2,1-3H3,(H,21,22,23)/t15-,17-. The monoisotopic (exact) mass is 339 g/mol. The van der Waals surface area contributed by atoms with E-state index in [9.17, 15) is 4.79 Å². The van der Waals surface area contributed by atoms with Gasteiger partial charge >= 0.3 is 5.97 Å². The zero-order chi connectivity index (χ0) is 17.8. The van der Waals surface area contributed by atoms with E-state index in [2.05, 4.69) is 45.6 Å². The molecule has 3 rings (SSSR count). The second-order valence-electron chi connectivity index (χ2n) is 6.64. The highest BCUT2D eigenvalue weighted by molar-refractivity contribution is 5.90. The van der Waals surface area contributed by atoms with Crippen molar-refractivity contribution in [2.45, 2.75) is 39.5 Å². The third-order valence-corrected chi connectivity index (χ3v) is 4.79. The summed E-state index contributed by atoms with van der Waals surface area (Å²) < 4.78 is 5.08. The molecule has 1 aliphatic carbocycles. The molecule has 1 aromatic heterocycles. The molecular formula is C20H25N3O2. The highest BCUT2D eigenvalue weighted by Gasteiger charge is 2.30. The molecule has 0 saturated heterocycles. The van der Waals surface area contributed by atoms with Crippen LogP contribution >= 0.6 is 0 Å². The lowest BCUT2D eigenvalue weighted by atomic mass is 9.71. The quantitative estimate of drug-likeness (QED) is 0.809. The summed E-state index contributed by atoms with van der Waals surface area (Å²) in [5, 5.41) is 3.41. The van der Waals surface area contributed by atoms with E-state index in [1.807, 2.05) is 6.92 Å². The fourth-order valence-electron chi connectivity index (χ4n) is 3.34. The van der Waals surface area contributed by atoms with Crippen LogP contribution in [0, 0.1) is 19.8 Å². The minimum absolute atomic E-state index is 0.340. The van der Waals surface area contributed by atoms with Crippen molar-refractivity contribution in [2.24, 2.45) is 5.92 Å². The summed E-state index contributed by atoms with van der Waals surface area (Å²) in [6.45, 7) is 6.65. The summed E-state index contributed by atoms with van der Waals surface area (Å²) in [6.07, 6.45) is 2.37. The third-order valence-electron chi connectivity index (χ3n) is 4.79. The van der Waals surface area contributed by atoms with E-state index in [-0.39, 0.29) is 5.97 Å². The van der Waals surface area contributed by atoms with E-state index in [4.69, 9.17) is 4.74 Å². The van der Waals surface area contributed by atoms with Gasteiger partial charge in [0.1, 0.15) is 11.6 Å². The predicted molar refractivity (Wildman–Crippen MR) is 97.9 cm³/mol. The van der Waals surface area contributed by atoms with Crippen molar-refractivity contribution in [3.8, 4) is 0 Å². The number of benzene rings is 1. The minimum Gasteiger partial charge on any atom is -0.461 e. The average Bonchev–Trinajstić information content (AvgIpc) is 2.57. The lowest BCUT2D eigenvalue weighted by Gasteiger charge is -2.36. The van der Waals surface area contributed by atoms with Crippen LogP contribution < -0.4 is 5.32 Å². The van der Waals surface area contributed by atoms with Crippen molar-refractivity contribution in [2.75, 3.05) is 18.5 Å². The Balaban J connectivity index is 1.60. The number of hydrogen-bond donors (Lipinski definition) is 1. The first kappa shape index (κ1) is 17.4. The molecule has 132 valence electrons. The van der Waals surface area contributed by atoms with Crippen molar-refractivity contribution in [1.82, 2.24) is 9.97 Å². The summed E-state index contributed by atoms with van der Waals surface area (Å²) in [6, 6.07) is 10.7. The van der Waals surface area contributed by atoms with Crippen LogP contribution in [-0.2, 0) is 4.74 Å². The number of aryl methyl sites for hydroxylation is 1. The average molecular weight is 339 g/mol. The smallest absolute Gasteiger partial charge is 0.357 e.